The summed E-state index contributed by atoms with van der Waals surface area (Å²) in [6, 6.07) is 10.1. The number of aromatic nitrogens is 1. The summed E-state index contributed by atoms with van der Waals surface area (Å²) in [6.45, 7) is -1.05. The molecule has 30 heavy (non-hydrogen) atoms. The van der Waals surface area contributed by atoms with Crippen molar-refractivity contribution in [2.75, 3.05) is 13.2 Å². The van der Waals surface area contributed by atoms with Crippen molar-refractivity contribution in [1.29, 1.82) is 0 Å². The molecule has 1 amide bonds. The third-order valence-corrected chi connectivity index (χ3v) is 4.49. The summed E-state index contributed by atoms with van der Waals surface area (Å²) in [5.41, 5.74) is 2.30. The summed E-state index contributed by atoms with van der Waals surface area (Å²) in [5, 5.41) is 21.3. The van der Waals surface area contributed by atoms with Crippen LogP contribution in [0.5, 0.6) is 0 Å². The number of amides is 1. The quantitative estimate of drug-likeness (QED) is 0.629. The van der Waals surface area contributed by atoms with E-state index in [4.69, 9.17) is 9.84 Å². The third-order valence-electron chi connectivity index (χ3n) is 4.49. The van der Waals surface area contributed by atoms with Crippen LogP contribution in [0.2, 0.25) is 0 Å². The van der Waals surface area contributed by atoms with Crippen LogP contribution in [0.1, 0.15) is 28.4 Å². The van der Waals surface area contributed by atoms with E-state index in [-0.39, 0.29) is 31.4 Å². The second-order valence-corrected chi connectivity index (χ2v) is 6.71. The summed E-state index contributed by atoms with van der Waals surface area (Å²) in [5.74, 6) is -0.365. The molecule has 0 spiro atoms. The van der Waals surface area contributed by atoms with Gasteiger partial charge in [-0.25, -0.2) is 4.99 Å². The molecule has 0 fully saturated rings. The van der Waals surface area contributed by atoms with Crippen molar-refractivity contribution < 1.29 is 32.9 Å². The maximum atomic E-state index is 12.4. The van der Waals surface area contributed by atoms with Crippen LogP contribution in [0.25, 0.3) is 0 Å². The Bertz CT molecular complexity index is 919. The number of nitrogens with zero attached hydrogens (tertiary/aromatic N) is 2. The van der Waals surface area contributed by atoms with Crippen LogP contribution in [-0.2, 0) is 22.5 Å². The van der Waals surface area contributed by atoms with E-state index in [1.165, 1.54) is 6.20 Å². The molecule has 0 aliphatic carbocycles. The van der Waals surface area contributed by atoms with E-state index in [0.717, 1.165) is 5.56 Å². The van der Waals surface area contributed by atoms with Crippen molar-refractivity contribution in [2.45, 2.75) is 31.3 Å². The first-order valence-corrected chi connectivity index (χ1v) is 9.13. The number of nitrogens with one attached hydrogen (secondary N) is 1. The number of aliphatic hydroxyl groups excluding tert-OH is 2. The Morgan fingerprint density at radius 3 is 2.67 bits per heavy atom. The van der Waals surface area contributed by atoms with Crippen molar-refractivity contribution in [3.63, 3.8) is 0 Å². The maximum Gasteiger partial charge on any atom is 0.417 e. The van der Waals surface area contributed by atoms with E-state index in [1.54, 1.807) is 30.3 Å². The van der Waals surface area contributed by atoms with Crippen LogP contribution < -0.4 is 5.32 Å². The van der Waals surface area contributed by atoms with Crippen LogP contribution in [0.4, 0.5) is 13.2 Å². The highest BCUT2D eigenvalue weighted by Crippen LogP contribution is 2.23. The predicted molar refractivity (Wildman–Crippen MR) is 101 cm³/mol. The number of rotatable bonds is 7. The standard InChI is InChI=1S/C20H20F3N3O4/c21-20(22,23)17(28)11-30-19-15-9-24-14(6-13(15)8-25-19)7-18(29)26-16(10-27)12-4-2-1-3-5-12/h1-6,9,16-17,27-28H,7-8,10-11H2,(H,26,29)/t16-,17+/m1/s1. The lowest BCUT2D eigenvalue weighted by molar-refractivity contribution is -0.211. The van der Waals surface area contributed by atoms with E-state index in [2.05, 4.69) is 15.3 Å². The molecule has 2 aromatic rings. The molecule has 160 valence electrons. The highest BCUT2D eigenvalue weighted by Gasteiger charge is 2.39. The molecular formula is C20H20F3N3O4. The lowest BCUT2D eigenvalue weighted by Crippen LogP contribution is -2.33. The fourth-order valence-electron chi connectivity index (χ4n) is 2.91. The largest absolute Gasteiger partial charge is 0.474 e. The van der Waals surface area contributed by atoms with E-state index in [9.17, 15) is 23.1 Å². The van der Waals surface area contributed by atoms with Crippen molar-refractivity contribution in [3.05, 3.63) is 65.0 Å². The highest BCUT2D eigenvalue weighted by atomic mass is 19.4. The number of hydrogen-bond donors (Lipinski definition) is 3. The number of halogens is 3. The third kappa shape index (κ3) is 5.33. The number of pyridine rings is 1. The molecule has 7 nitrogen and oxygen atoms in total. The van der Waals surface area contributed by atoms with Gasteiger partial charge in [0.1, 0.15) is 6.61 Å². The monoisotopic (exact) mass is 423 g/mol. The molecule has 0 bridgehead atoms. The molecular weight excluding hydrogens is 403 g/mol. The smallest absolute Gasteiger partial charge is 0.417 e. The van der Waals surface area contributed by atoms with Gasteiger partial charge in [-0.3, -0.25) is 9.78 Å². The Hall–Kier alpha value is -2.98. The Morgan fingerprint density at radius 1 is 1.27 bits per heavy atom. The van der Waals surface area contributed by atoms with Crippen LogP contribution in [0, 0.1) is 0 Å². The molecule has 2 atom stereocenters. The van der Waals surface area contributed by atoms with Crippen molar-refractivity contribution in [1.82, 2.24) is 10.3 Å². The Labute approximate surface area is 170 Å². The fourth-order valence-corrected chi connectivity index (χ4v) is 2.91. The second kappa shape index (κ2) is 9.23. The van der Waals surface area contributed by atoms with Gasteiger partial charge in [-0.1, -0.05) is 30.3 Å². The molecule has 0 saturated heterocycles. The Morgan fingerprint density at radius 2 is 2.00 bits per heavy atom. The zero-order valence-corrected chi connectivity index (χ0v) is 15.8. The first-order valence-electron chi connectivity index (χ1n) is 9.13. The highest BCUT2D eigenvalue weighted by molar-refractivity contribution is 5.97. The van der Waals surface area contributed by atoms with Gasteiger partial charge in [0, 0.05) is 6.20 Å². The number of carbonyl (C=O) groups is 1. The number of ether oxygens (including phenoxy) is 1. The van der Waals surface area contributed by atoms with Crippen LogP contribution in [0.15, 0.2) is 47.6 Å². The molecule has 2 heterocycles. The number of benzene rings is 1. The van der Waals surface area contributed by atoms with Crippen molar-refractivity contribution in [2.24, 2.45) is 4.99 Å². The first-order chi connectivity index (χ1) is 14.3. The molecule has 1 aliphatic rings. The maximum absolute atomic E-state index is 12.4. The van der Waals surface area contributed by atoms with Gasteiger partial charge in [0.2, 0.25) is 11.8 Å². The molecule has 10 heteroatoms. The molecule has 0 unspecified atom stereocenters. The normalized spacial score (nSPS) is 15.2. The first kappa shape index (κ1) is 21.7. The van der Waals surface area contributed by atoms with Gasteiger partial charge >= 0.3 is 6.18 Å². The zero-order valence-electron chi connectivity index (χ0n) is 15.8. The predicted octanol–water partition coefficient (Wildman–Crippen LogP) is 1.67. The van der Waals surface area contributed by atoms with Crippen LogP contribution in [-0.4, -0.2) is 52.5 Å². The van der Waals surface area contributed by atoms with Gasteiger partial charge < -0.3 is 20.3 Å². The summed E-state index contributed by atoms with van der Waals surface area (Å²) < 4.78 is 42.1. The summed E-state index contributed by atoms with van der Waals surface area (Å²) in [4.78, 5) is 20.5. The van der Waals surface area contributed by atoms with Crippen molar-refractivity contribution in [3.8, 4) is 0 Å². The van der Waals surface area contributed by atoms with Gasteiger partial charge in [-0.2, -0.15) is 13.2 Å². The molecule has 0 saturated carbocycles. The van der Waals surface area contributed by atoms with Crippen LogP contribution in [0.3, 0.4) is 0 Å². The van der Waals surface area contributed by atoms with Gasteiger partial charge in [0.15, 0.2) is 6.10 Å². The van der Waals surface area contributed by atoms with E-state index in [1.807, 2.05) is 6.07 Å². The topological polar surface area (TPSA) is 104 Å². The minimum absolute atomic E-state index is 0.0266. The lowest BCUT2D eigenvalue weighted by Gasteiger charge is -2.17. The molecule has 1 aliphatic heterocycles. The summed E-state index contributed by atoms with van der Waals surface area (Å²) >= 11 is 0. The number of aliphatic hydroxyl groups is 2. The SMILES string of the molecule is O=C(Cc1cc2c(cn1)C(OC[C@H](O)C(F)(F)F)=NC2)N[C@H](CO)c1ccccc1. The average Bonchev–Trinajstić information content (AvgIpc) is 3.12. The van der Waals surface area contributed by atoms with Gasteiger partial charge in [0.25, 0.3) is 0 Å². The average molecular weight is 423 g/mol. The Kier molecular flexibility index (Phi) is 6.68. The molecule has 0 radical (unpaired) electrons. The Balaban J connectivity index is 1.59. The van der Waals surface area contributed by atoms with E-state index >= 15 is 0 Å². The van der Waals surface area contributed by atoms with Crippen molar-refractivity contribution >= 4 is 11.8 Å². The number of alkyl halides is 3. The second-order valence-electron chi connectivity index (χ2n) is 6.71. The number of fused-ring (bicyclic) bond motifs is 1. The lowest BCUT2D eigenvalue weighted by atomic mass is 10.1. The minimum atomic E-state index is -4.77. The fraction of sp³-hybridized carbons (Fsp3) is 0.350. The minimum Gasteiger partial charge on any atom is -0.474 e. The van der Waals surface area contributed by atoms with Gasteiger partial charge in [-0.05, 0) is 17.2 Å². The number of hydrogen-bond acceptors (Lipinski definition) is 6. The van der Waals surface area contributed by atoms with Crippen LogP contribution >= 0.6 is 0 Å². The summed E-state index contributed by atoms with van der Waals surface area (Å²) in [6.07, 6.45) is -6.04. The van der Waals surface area contributed by atoms with Gasteiger partial charge in [0.05, 0.1) is 36.9 Å². The van der Waals surface area contributed by atoms with Gasteiger partial charge in [-0.15, -0.1) is 0 Å². The molecule has 3 rings (SSSR count). The zero-order chi connectivity index (χ0) is 21.7. The number of carbonyl (C=O) groups excluding carboxylic acids is 1. The van der Waals surface area contributed by atoms with E-state index < -0.39 is 24.9 Å². The molecule has 3 N–H and O–H groups in total. The van der Waals surface area contributed by atoms with E-state index in [0.29, 0.717) is 16.8 Å². The molecule has 1 aromatic heterocycles. The number of aliphatic imine (C=N–C) groups is 1. The molecule has 1 aromatic carbocycles. The summed E-state index contributed by atoms with van der Waals surface area (Å²) in [7, 11) is 0.